The van der Waals surface area contributed by atoms with Crippen LogP contribution in [0.25, 0.3) is 0 Å². The second-order valence-corrected chi connectivity index (χ2v) is 5.45. The Balaban J connectivity index is 2.95. The molecule has 0 bridgehead atoms. The standard InChI is InChI=1S/C11H15NO5S/c1-2-9(7-13)12-18(16,17)10-5-3-8(4-6-10)11(14)15/h3-6,9,12-13H,2,7H2,1H3,(H,14,15). The van der Waals surface area contributed by atoms with Crippen LogP contribution in [0.5, 0.6) is 0 Å². The molecule has 0 amide bonds. The molecule has 1 aromatic carbocycles. The predicted molar refractivity (Wildman–Crippen MR) is 64.9 cm³/mol. The summed E-state index contributed by atoms with van der Waals surface area (Å²) < 4.78 is 26.1. The van der Waals surface area contributed by atoms with Gasteiger partial charge < -0.3 is 10.2 Å². The Kier molecular flexibility index (Phi) is 4.83. The summed E-state index contributed by atoms with van der Waals surface area (Å²) >= 11 is 0. The van der Waals surface area contributed by atoms with E-state index >= 15 is 0 Å². The van der Waals surface area contributed by atoms with E-state index in [2.05, 4.69) is 4.72 Å². The van der Waals surface area contributed by atoms with Crippen molar-refractivity contribution < 1.29 is 23.4 Å². The smallest absolute Gasteiger partial charge is 0.335 e. The molecule has 0 radical (unpaired) electrons. The first kappa shape index (κ1) is 14.6. The quantitative estimate of drug-likeness (QED) is 0.697. The molecule has 0 aromatic heterocycles. The van der Waals surface area contributed by atoms with E-state index in [-0.39, 0.29) is 17.1 Å². The van der Waals surface area contributed by atoms with E-state index in [0.717, 1.165) is 0 Å². The van der Waals surface area contributed by atoms with Crippen LogP contribution in [0.3, 0.4) is 0 Å². The fourth-order valence-corrected chi connectivity index (χ4v) is 2.62. The number of carbonyl (C=O) groups is 1. The summed E-state index contributed by atoms with van der Waals surface area (Å²) in [6.07, 6.45) is 0.461. The highest BCUT2D eigenvalue weighted by molar-refractivity contribution is 7.89. The van der Waals surface area contributed by atoms with Gasteiger partial charge in [-0.15, -0.1) is 0 Å². The van der Waals surface area contributed by atoms with Gasteiger partial charge in [0.2, 0.25) is 10.0 Å². The molecule has 6 nitrogen and oxygen atoms in total. The Morgan fingerprint density at radius 2 is 1.89 bits per heavy atom. The van der Waals surface area contributed by atoms with Crippen molar-refractivity contribution in [2.75, 3.05) is 6.61 Å². The molecule has 1 unspecified atom stereocenters. The lowest BCUT2D eigenvalue weighted by atomic mass is 10.2. The number of aliphatic hydroxyl groups excluding tert-OH is 1. The first-order valence-corrected chi connectivity index (χ1v) is 6.85. The molecule has 1 atom stereocenters. The molecule has 0 aliphatic carbocycles. The summed E-state index contributed by atoms with van der Waals surface area (Å²) in [6.45, 7) is 1.46. The Hall–Kier alpha value is -1.44. The highest BCUT2D eigenvalue weighted by Gasteiger charge is 2.18. The minimum Gasteiger partial charge on any atom is -0.478 e. The SMILES string of the molecule is CCC(CO)NS(=O)(=O)c1ccc(C(=O)O)cc1. The topological polar surface area (TPSA) is 104 Å². The van der Waals surface area contributed by atoms with Crippen molar-refractivity contribution in [2.45, 2.75) is 24.3 Å². The van der Waals surface area contributed by atoms with Crippen LogP contribution in [-0.4, -0.2) is 37.2 Å². The van der Waals surface area contributed by atoms with Crippen LogP contribution >= 0.6 is 0 Å². The van der Waals surface area contributed by atoms with Gasteiger partial charge in [0.05, 0.1) is 17.1 Å². The highest BCUT2D eigenvalue weighted by atomic mass is 32.2. The number of aliphatic hydroxyl groups is 1. The third kappa shape index (κ3) is 3.52. The first-order valence-electron chi connectivity index (χ1n) is 5.37. The van der Waals surface area contributed by atoms with Gasteiger partial charge in [-0.2, -0.15) is 0 Å². The molecule has 100 valence electrons. The van der Waals surface area contributed by atoms with Gasteiger partial charge in [-0.25, -0.2) is 17.9 Å². The zero-order valence-corrected chi connectivity index (χ0v) is 10.6. The lowest BCUT2D eigenvalue weighted by Gasteiger charge is -2.14. The summed E-state index contributed by atoms with van der Waals surface area (Å²) in [5.41, 5.74) is 0.0168. The average molecular weight is 273 g/mol. The van der Waals surface area contributed by atoms with Crippen LogP contribution in [-0.2, 0) is 10.0 Å². The monoisotopic (exact) mass is 273 g/mol. The molecule has 0 fully saturated rings. The molecule has 0 spiro atoms. The van der Waals surface area contributed by atoms with Crippen molar-refractivity contribution in [3.8, 4) is 0 Å². The zero-order valence-electron chi connectivity index (χ0n) is 9.83. The third-order valence-corrected chi connectivity index (χ3v) is 3.98. The van der Waals surface area contributed by atoms with Gasteiger partial charge >= 0.3 is 5.97 Å². The molecule has 0 aliphatic rings. The second-order valence-electron chi connectivity index (χ2n) is 3.74. The molecule has 3 N–H and O–H groups in total. The van der Waals surface area contributed by atoms with Crippen molar-refractivity contribution >= 4 is 16.0 Å². The van der Waals surface area contributed by atoms with Crippen LogP contribution in [0, 0.1) is 0 Å². The number of aromatic carboxylic acids is 1. The maximum atomic E-state index is 11.9. The summed E-state index contributed by atoms with van der Waals surface area (Å²) in [4.78, 5) is 10.6. The van der Waals surface area contributed by atoms with Crippen LogP contribution in [0.2, 0.25) is 0 Å². The minimum atomic E-state index is -3.73. The number of benzene rings is 1. The van der Waals surface area contributed by atoms with Crippen LogP contribution < -0.4 is 4.72 Å². The average Bonchev–Trinajstić information content (AvgIpc) is 2.36. The third-order valence-electron chi connectivity index (χ3n) is 2.45. The van der Waals surface area contributed by atoms with Gasteiger partial charge in [0, 0.05) is 6.04 Å². The predicted octanol–water partition coefficient (Wildman–Crippen LogP) is 0.434. The number of nitrogens with one attached hydrogen (secondary N) is 1. The summed E-state index contributed by atoms with van der Waals surface area (Å²) in [7, 11) is -3.73. The molecular weight excluding hydrogens is 258 g/mol. The Labute approximate surface area is 105 Å². The van der Waals surface area contributed by atoms with Gasteiger partial charge in [-0.3, -0.25) is 0 Å². The van der Waals surface area contributed by atoms with E-state index in [1.807, 2.05) is 0 Å². The molecule has 0 saturated heterocycles. The van der Waals surface area contributed by atoms with Crippen LogP contribution in [0.15, 0.2) is 29.2 Å². The van der Waals surface area contributed by atoms with Gasteiger partial charge in [-0.05, 0) is 30.7 Å². The van der Waals surface area contributed by atoms with E-state index in [1.165, 1.54) is 24.3 Å². The van der Waals surface area contributed by atoms with Gasteiger partial charge in [-0.1, -0.05) is 6.92 Å². The molecule has 1 rings (SSSR count). The van der Waals surface area contributed by atoms with Crippen molar-refractivity contribution in [1.82, 2.24) is 4.72 Å². The summed E-state index contributed by atoms with van der Waals surface area (Å²) in [5, 5.41) is 17.7. The van der Waals surface area contributed by atoms with Gasteiger partial charge in [0.15, 0.2) is 0 Å². The maximum absolute atomic E-state index is 11.9. The zero-order chi connectivity index (χ0) is 13.8. The van der Waals surface area contributed by atoms with E-state index in [4.69, 9.17) is 10.2 Å². The van der Waals surface area contributed by atoms with Gasteiger partial charge in [0.1, 0.15) is 0 Å². The maximum Gasteiger partial charge on any atom is 0.335 e. The number of rotatable bonds is 6. The lowest BCUT2D eigenvalue weighted by Crippen LogP contribution is -2.36. The lowest BCUT2D eigenvalue weighted by molar-refractivity contribution is 0.0696. The van der Waals surface area contributed by atoms with E-state index < -0.39 is 22.0 Å². The largest absolute Gasteiger partial charge is 0.478 e. The van der Waals surface area contributed by atoms with Crippen molar-refractivity contribution in [3.05, 3.63) is 29.8 Å². The number of hydrogen-bond donors (Lipinski definition) is 3. The second kappa shape index (κ2) is 5.94. The number of carboxylic acid groups (broad SMARTS) is 1. The number of sulfonamides is 1. The molecule has 0 aliphatic heterocycles. The molecule has 0 heterocycles. The van der Waals surface area contributed by atoms with E-state index in [1.54, 1.807) is 6.92 Å². The fourth-order valence-electron chi connectivity index (χ4n) is 1.31. The van der Waals surface area contributed by atoms with Gasteiger partial charge in [0.25, 0.3) is 0 Å². The van der Waals surface area contributed by atoms with E-state index in [9.17, 15) is 13.2 Å². The first-order chi connectivity index (χ1) is 8.40. The summed E-state index contributed by atoms with van der Waals surface area (Å²) in [6, 6.07) is 4.33. The summed E-state index contributed by atoms with van der Waals surface area (Å²) in [5.74, 6) is -1.12. The Morgan fingerprint density at radius 1 is 1.33 bits per heavy atom. The molecule has 7 heteroatoms. The van der Waals surface area contributed by atoms with E-state index in [0.29, 0.717) is 6.42 Å². The minimum absolute atomic E-state index is 0.0168. The normalized spacial score (nSPS) is 13.2. The fraction of sp³-hybridized carbons (Fsp3) is 0.364. The van der Waals surface area contributed by atoms with Crippen molar-refractivity contribution in [2.24, 2.45) is 0 Å². The highest BCUT2D eigenvalue weighted by Crippen LogP contribution is 2.11. The molecule has 18 heavy (non-hydrogen) atoms. The van der Waals surface area contributed by atoms with Crippen LogP contribution in [0.1, 0.15) is 23.7 Å². The number of hydrogen-bond acceptors (Lipinski definition) is 4. The van der Waals surface area contributed by atoms with Crippen molar-refractivity contribution in [1.29, 1.82) is 0 Å². The Bertz CT molecular complexity index is 505. The van der Waals surface area contributed by atoms with Crippen molar-refractivity contribution in [3.63, 3.8) is 0 Å². The number of carboxylic acids is 1. The molecule has 1 aromatic rings. The Morgan fingerprint density at radius 3 is 2.28 bits per heavy atom. The van der Waals surface area contributed by atoms with Crippen LogP contribution in [0.4, 0.5) is 0 Å². The molecular formula is C11H15NO5S. The molecule has 0 saturated carbocycles.